The molecule has 1 atom stereocenters. The first kappa shape index (κ1) is 15.5. The molecule has 0 spiro atoms. The van der Waals surface area contributed by atoms with Crippen LogP contribution >= 0.6 is 0 Å². The van der Waals surface area contributed by atoms with Crippen molar-refractivity contribution in [3.8, 4) is 0 Å². The molecule has 0 N–H and O–H groups in total. The summed E-state index contributed by atoms with van der Waals surface area (Å²) in [4.78, 5) is 2.74. The highest BCUT2D eigenvalue weighted by molar-refractivity contribution is 7.80. The Morgan fingerprint density at radius 1 is 0.905 bits per heavy atom. The molecule has 2 aromatic carbocycles. The standard InChI is InChI=1S/C17H19NO2S/c1-18(2)16-10-6-14(7-11-16)4-5-15-8-12-17(13-9-15)21(19)20-3/h4-13H,1-3H3/b5-4+. The van der Waals surface area contributed by atoms with E-state index in [-0.39, 0.29) is 0 Å². The van der Waals surface area contributed by atoms with Gasteiger partial charge >= 0.3 is 0 Å². The summed E-state index contributed by atoms with van der Waals surface area (Å²) in [6.07, 6.45) is 4.09. The summed E-state index contributed by atoms with van der Waals surface area (Å²) in [7, 11) is 5.48. The number of hydrogen-bond acceptors (Lipinski definition) is 3. The van der Waals surface area contributed by atoms with Crippen LogP contribution in [0.25, 0.3) is 12.2 Å². The van der Waals surface area contributed by atoms with Crippen LogP contribution in [0, 0.1) is 0 Å². The lowest BCUT2D eigenvalue weighted by atomic mass is 10.1. The second-order valence-electron chi connectivity index (χ2n) is 4.79. The van der Waals surface area contributed by atoms with E-state index in [1.165, 1.54) is 12.8 Å². The molecule has 1 unspecified atom stereocenters. The van der Waals surface area contributed by atoms with E-state index in [1.54, 1.807) is 0 Å². The first-order valence-corrected chi connectivity index (χ1v) is 7.69. The minimum atomic E-state index is -1.37. The second kappa shape index (κ2) is 7.20. The molecule has 0 saturated heterocycles. The van der Waals surface area contributed by atoms with Crippen molar-refractivity contribution in [2.75, 3.05) is 26.1 Å². The summed E-state index contributed by atoms with van der Waals surface area (Å²) in [5, 5.41) is 0. The van der Waals surface area contributed by atoms with Crippen LogP contribution in [0.5, 0.6) is 0 Å². The molecule has 0 amide bonds. The summed E-state index contributed by atoms with van der Waals surface area (Å²) >= 11 is -1.37. The second-order valence-corrected chi connectivity index (χ2v) is 6.06. The monoisotopic (exact) mass is 301 g/mol. The summed E-state index contributed by atoms with van der Waals surface area (Å²) in [6, 6.07) is 15.8. The molecular weight excluding hydrogens is 282 g/mol. The van der Waals surface area contributed by atoms with Gasteiger partial charge in [0.05, 0.1) is 12.0 Å². The SMILES string of the molecule is COS(=O)c1ccc(/C=C/c2ccc(N(C)C)cc2)cc1. The number of rotatable bonds is 5. The summed E-state index contributed by atoms with van der Waals surface area (Å²) < 4.78 is 16.2. The molecule has 0 saturated carbocycles. The fraction of sp³-hybridized carbons (Fsp3) is 0.176. The molecule has 3 nitrogen and oxygen atoms in total. The van der Waals surface area contributed by atoms with Gasteiger partial charge in [-0.25, -0.2) is 4.21 Å². The Morgan fingerprint density at radius 2 is 1.38 bits per heavy atom. The lowest BCUT2D eigenvalue weighted by molar-refractivity contribution is 0.446. The summed E-state index contributed by atoms with van der Waals surface area (Å²) in [5.74, 6) is 0. The van der Waals surface area contributed by atoms with E-state index in [0.717, 1.165) is 11.1 Å². The molecule has 0 heterocycles. The Kier molecular flexibility index (Phi) is 5.31. The Labute approximate surface area is 128 Å². The molecule has 110 valence electrons. The first-order chi connectivity index (χ1) is 10.1. The zero-order valence-electron chi connectivity index (χ0n) is 12.4. The smallest absolute Gasteiger partial charge is 0.188 e. The summed E-state index contributed by atoms with van der Waals surface area (Å²) in [5.41, 5.74) is 3.38. The predicted molar refractivity (Wildman–Crippen MR) is 89.6 cm³/mol. The van der Waals surface area contributed by atoms with E-state index in [9.17, 15) is 4.21 Å². The molecule has 0 bridgehead atoms. The van der Waals surface area contributed by atoms with Crippen LogP contribution in [-0.4, -0.2) is 25.4 Å². The third kappa shape index (κ3) is 4.28. The Morgan fingerprint density at radius 3 is 1.81 bits per heavy atom. The lowest BCUT2D eigenvalue weighted by Crippen LogP contribution is -2.07. The van der Waals surface area contributed by atoms with Crippen LogP contribution < -0.4 is 4.90 Å². The third-order valence-corrected chi connectivity index (χ3v) is 4.06. The third-order valence-electron chi connectivity index (χ3n) is 3.10. The Bertz CT molecular complexity index is 631. The minimum absolute atomic E-state index is 0.671. The van der Waals surface area contributed by atoms with E-state index < -0.39 is 11.1 Å². The van der Waals surface area contributed by atoms with Gasteiger partial charge in [-0.1, -0.05) is 36.4 Å². The average Bonchev–Trinajstić information content (AvgIpc) is 2.53. The maximum atomic E-state index is 11.5. The van der Waals surface area contributed by atoms with Gasteiger partial charge in [-0.15, -0.1) is 0 Å². The average molecular weight is 301 g/mol. The van der Waals surface area contributed by atoms with Crippen LogP contribution in [0.4, 0.5) is 5.69 Å². The van der Waals surface area contributed by atoms with E-state index in [0.29, 0.717) is 4.90 Å². The van der Waals surface area contributed by atoms with Crippen molar-refractivity contribution in [2.45, 2.75) is 4.90 Å². The van der Waals surface area contributed by atoms with Gasteiger partial charge in [0.1, 0.15) is 0 Å². The van der Waals surface area contributed by atoms with Gasteiger partial charge in [-0.05, 0) is 35.4 Å². The molecule has 0 radical (unpaired) electrons. The van der Waals surface area contributed by atoms with Crippen molar-refractivity contribution in [1.82, 2.24) is 0 Å². The van der Waals surface area contributed by atoms with Crippen molar-refractivity contribution in [3.05, 3.63) is 59.7 Å². The van der Waals surface area contributed by atoms with Crippen LogP contribution in [0.2, 0.25) is 0 Å². The van der Waals surface area contributed by atoms with Crippen LogP contribution in [0.3, 0.4) is 0 Å². The zero-order chi connectivity index (χ0) is 15.2. The highest BCUT2D eigenvalue weighted by Gasteiger charge is 2.00. The van der Waals surface area contributed by atoms with Gasteiger partial charge in [0.2, 0.25) is 0 Å². The van der Waals surface area contributed by atoms with Crippen molar-refractivity contribution in [1.29, 1.82) is 0 Å². The molecular formula is C17H19NO2S. The quantitative estimate of drug-likeness (QED) is 0.790. The van der Waals surface area contributed by atoms with Crippen molar-refractivity contribution < 1.29 is 8.39 Å². The molecule has 4 heteroatoms. The number of nitrogens with zero attached hydrogens (tertiary/aromatic N) is 1. The molecule has 0 aliphatic rings. The van der Waals surface area contributed by atoms with Crippen molar-refractivity contribution in [2.24, 2.45) is 0 Å². The molecule has 2 rings (SSSR count). The number of benzene rings is 2. The minimum Gasteiger partial charge on any atom is -0.378 e. The van der Waals surface area contributed by atoms with E-state index in [4.69, 9.17) is 4.18 Å². The van der Waals surface area contributed by atoms with Gasteiger partial charge in [-0.3, -0.25) is 4.18 Å². The van der Waals surface area contributed by atoms with Gasteiger partial charge in [0, 0.05) is 19.8 Å². The van der Waals surface area contributed by atoms with E-state index in [1.807, 2.05) is 44.4 Å². The van der Waals surface area contributed by atoms with Gasteiger partial charge in [0.25, 0.3) is 0 Å². The Hall–Kier alpha value is -1.91. The van der Waals surface area contributed by atoms with Crippen LogP contribution in [-0.2, 0) is 15.3 Å². The highest BCUT2D eigenvalue weighted by atomic mass is 32.2. The molecule has 0 fully saturated rings. The maximum Gasteiger partial charge on any atom is 0.188 e. The van der Waals surface area contributed by atoms with Gasteiger partial charge in [0.15, 0.2) is 11.1 Å². The lowest BCUT2D eigenvalue weighted by Gasteiger charge is -2.11. The number of anilines is 1. The predicted octanol–water partition coefficient (Wildman–Crippen LogP) is 3.59. The molecule has 0 aromatic heterocycles. The van der Waals surface area contributed by atoms with E-state index >= 15 is 0 Å². The van der Waals surface area contributed by atoms with Crippen LogP contribution in [0.15, 0.2) is 53.4 Å². The van der Waals surface area contributed by atoms with Crippen molar-refractivity contribution >= 4 is 28.9 Å². The van der Waals surface area contributed by atoms with Crippen molar-refractivity contribution in [3.63, 3.8) is 0 Å². The molecule has 2 aromatic rings. The fourth-order valence-corrected chi connectivity index (χ4v) is 2.41. The van der Waals surface area contributed by atoms with Crippen LogP contribution in [0.1, 0.15) is 11.1 Å². The largest absolute Gasteiger partial charge is 0.378 e. The molecule has 21 heavy (non-hydrogen) atoms. The van der Waals surface area contributed by atoms with E-state index in [2.05, 4.69) is 35.2 Å². The normalized spacial score (nSPS) is 12.5. The topological polar surface area (TPSA) is 29.5 Å². The molecule has 0 aliphatic heterocycles. The van der Waals surface area contributed by atoms with Gasteiger partial charge in [-0.2, -0.15) is 0 Å². The zero-order valence-corrected chi connectivity index (χ0v) is 13.3. The highest BCUT2D eigenvalue weighted by Crippen LogP contribution is 2.15. The maximum absolute atomic E-state index is 11.5. The fourth-order valence-electron chi connectivity index (χ4n) is 1.86. The number of hydrogen-bond donors (Lipinski definition) is 0. The molecule has 0 aliphatic carbocycles. The Balaban J connectivity index is 2.08. The summed E-state index contributed by atoms with van der Waals surface area (Å²) in [6.45, 7) is 0. The first-order valence-electron chi connectivity index (χ1n) is 6.62. The van der Waals surface area contributed by atoms with Gasteiger partial charge < -0.3 is 4.90 Å².